The van der Waals surface area contributed by atoms with E-state index in [1.54, 1.807) is 11.3 Å². The van der Waals surface area contributed by atoms with Crippen molar-refractivity contribution in [2.75, 3.05) is 0 Å². The first-order valence-electron chi connectivity index (χ1n) is 3.35. The Kier molecular flexibility index (Phi) is 2.10. The van der Waals surface area contributed by atoms with E-state index in [4.69, 9.17) is 16.0 Å². The van der Waals surface area contributed by atoms with E-state index in [0.717, 1.165) is 0 Å². The molecule has 0 N–H and O–H groups in total. The number of hydrogen-bond donors (Lipinski definition) is 0. The van der Waals surface area contributed by atoms with Gasteiger partial charge < -0.3 is 4.42 Å². The van der Waals surface area contributed by atoms with Crippen molar-refractivity contribution in [3.05, 3.63) is 33.6 Å². The fourth-order valence-corrected chi connectivity index (χ4v) is 1.69. The van der Waals surface area contributed by atoms with Gasteiger partial charge in [-0.15, -0.1) is 16.4 Å². The normalized spacial score (nSPS) is 10.4. The van der Waals surface area contributed by atoms with Crippen LogP contribution in [0.3, 0.4) is 0 Å². The van der Waals surface area contributed by atoms with Crippen LogP contribution in [0, 0.1) is 0 Å². The van der Waals surface area contributed by atoms with Gasteiger partial charge in [-0.1, -0.05) is 11.2 Å². The third-order valence-electron chi connectivity index (χ3n) is 1.35. The number of nitrogens with zero attached hydrogens (tertiary/aromatic N) is 2. The fourth-order valence-electron chi connectivity index (χ4n) is 0.867. The molecule has 0 bridgehead atoms. The number of thiophene rings is 1. The molecule has 0 amide bonds. The molecule has 0 aromatic carbocycles. The molecule has 2 heterocycles. The molecule has 0 saturated carbocycles. The van der Waals surface area contributed by atoms with Gasteiger partial charge in [0, 0.05) is 4.88 Å². The van der Waals surface area contributed by atoms with Gasteiger partial charge in [0.15, 0.2) is 0 Å². The lowest BCUT2D eigenvalue weighted by molar-refractivity contribution is 0.508. The van der Waals surface area contributed by atoms with Gasteiger partial charge in [0.25, 0.3) is 0 Å². The van der Waals surface area contributed by atoms with Crippen LogP contribution < -0.4 is 0 Å². The minimum absolute atomic E-state index is 0.0987. The average Bonchev–Trinajstić information content (AvgIpc) is 2.63. The highest BCUT2D eigenvalue weighted by Gasteiger charge is 2.04. The predicted octanol–water partition coefficient (Wildman–Crippen LogP) is 2.38. The minimum Gasteiger partial charge on any atom is -0.412 e. The zero-order valence-corrected chi connectivity index (χ0v) is 7.60. The van der Waals surface area contributed by atoms with Gasteiger partial charge in [0.05, 0.1) is 6.42 Å². The van der Waals surface area contributed by atoms with E-state index in [1.165, 1.54) is 4.88 Å². The SMILES string of the molecule is Clc1nnc(Cc2cccs2)o1. The third-order valence-corrected chi connectivity index (χ3v) is 2.38. The maximum atomic E-state index is 5.46. The summed E-state index contributed by atoms with van der Waals surface area (Å²) in [5, 5.41) is 9.41. The van der Waals surface area contributed by atoms with Gasteiger partial charge >= 0.3 is 5.35 Å². The van der Waals surface area contributed by atoms with Crippen LogP contribution in [0.2, 0.25) is 5.35 Å². The van der Waals surface area contributed by atoms with E-state index < -0.39 is 0 Å². The van der Waals surface area contributed by atoms with Crippen LogP contribution in [0.5, 0.6) is 0 Å². The van der Waals surface area contributed by atoms with Gasteiger partial charge in [-0.2, -0.15) is 0 Å². The standard InChI is InChI=1S/C7H5ClN2OS/c8-7-10-9-6(11-7)4-5-2-1-3-12-5/h1-3H,4H2. The molecule has 3 nitrogen and oxygen atoms in total. The Morgan fingerprint density at radius 3 is 3.00 bits per heavy atom. The van der Waals surface area contributed by atoms with Crippen LogP contribution in [0.1, 0.15) is 10.8 Å². The van der Waals surface area contributed by atoms with Crippen molar-refractivity contribution in [3.63, 3.8) is 0 Å². The quantitative estimate of drug-likeness (QED) is 0.747. The Bertz CT molecular complexity index is 357. The maximum Gasteiger partial charge on any atom is 0.312 e. The topological polar surface area (TPSA) is 38.9 Å². The molecule has 0 radical (unpaired) electrons. The highest BCUT2D eigenvalue weighted by Crippen LogP contribution is 2.14. The van der Waals surface area contributed by atoms with Crippen LogP contribution in [0.15, 0.2) is 21.9 Å². The van der Waals surface area contributed by atoms with Crippen molar-refractivity contribution in [1.29, 1.82) is 0 Å². The predicted molar refractivity (Wildman–Crippen MR) is 46.4 cm³/mol. The van der Waals surface area contributed by atoms with E-state index in [2.05, 4.69) is 10.2 Å². The maximum absolute atomic E-state index is 5.46. The van der Waals surface area contributed by atoms with E-state index in [9.17, 15) is 0 Å². The second-order valence-corrected chi connectivity index (χ2v) is 3.56. The van der Waals surface area contributed by atoms with Crippen molar-refractivity contribution in [3.8, 4) is 0 Å². The molecule has 2 rings (SSSR count). The van der Waals surface area contributed by atoms with Gasteiger partial charge in [-0.3, -0.25) is 0 Å². The third kappa shape index (κ3) is 1.65. The van der Waals surface area contributed by atoms with Crippen molar-refractivity contribution in [2.24, 2.45) is 0 Å². The first kappa shape index (κ1) is 7.76. The zero-order chi connectivity index (χ0) is 8.39. The number of rotatable bonds is 2. The molecule has 0 fully saturated rings. The lowest BCUT2D eigenvalue weighted by Crippen LogP contribution is -1.83. The summed E-state index contributed by atoms with van der Waals surface area (Å²) in [6, 6.07) is 4.00. The molecule has 0 aliphatic carbocycles. The van der Waals surface area contributed by atoms with Crippen LogP contribution >= 0.6 is 22.9 Å². The summed E-state index contributed by atoms with van der Waals surface area (Å²) in [6.07, 6.45) is 0.664. The minimum atomic E-state index is 0.0987. The molecule has 0 unspecified atom stereocenters. The molecule has 0 aliphatic heterocycles. The Hall–Kier alpha value is -0.870. The highest BCUT2D eigenvalue weighted by atomic mass is 35.5. The second kappa shape index (κ2) is 3.25. The first-order chi connectivity index (χ1) is 5.84. The molecule has 2 aromatic rings. The smallest absolute Gasteiger partial charge is 0.312 e. The van der Waals surface area contributed by atoms with Gasteiger partial charge in [0.1, 0.15) is 0 Å². The number of halogens is 1. The van der Waals surface area contributed by atoms with E-state index in [1.807, 2.05) is 17.5 Å². The Labute approximate surface area is 78.0 Å². The molecule has 2 aromatic heterocycles. The molecule has 12 heavy (non-hydrogen) atoms. The zero-order valence-electron chi connectivity index (χ0n) is 6.03. The summed E-state index contributed by atoms with van der Waals surface area (Å²) in [5.41, 5.74) is 0. The van der Waals surface area contributed by atoms with E-state index in [0.29, 0.717) is 12.3 Å². The second-order valence-electron chi connectivity index (χ2n) is 2.20. The molecule has 5 heteroatoms. The molecular formula is C7H5ClN2OS. The van der Waals surface area contributed by atoms with Gasteiger partial charge in [0.2, 0.25) is 5.89 Å². The fraction of sp³-hybridized carbons (Fsp3) is 0.143. The van der Waals surface area contributed by atoms with Crippen LogP contribution in [0.4, 0.5) is 0 Å². The monoisotopic (exact) mass is 200 g/mol. The molecule has 0 atom stereocenters. The van der Waals surface area contributed by atoms with Crippen LogP contribution in [-0.2, 0) is 6.42 Å². The molecule has 0 spiro atoms. The van der Waals surface area contributed by atoms with Crippen LogP contribution in [0.25, 0.3) is 0 Å². The Morgan fingerprint density at radius 2 is 2.42 bits per heavy atom. The van der Waals surface area contributed by atoms with E-state index in [-0.39, 0.29) is 5.35 Å². The van der Waals surface area contributed by atoms with Crippen LogP contribution in [-0.4, -0.2) is 10.2 Å². The van der Waals surface area contributed by atoms with E-state index >= 15 is 0 Å². The van der Waals surface area contributed by atoms with Crippen molar-refractivity contribution in [2.45, 2.75) is 6.42 Å². The average molecular weight is 201 g/mol. The molecule has 62 valence electrons. The van der Waals surface area contributed by atoms with Gasteiger partial charge in [-0.25, -0.2) is 0 Å². The summed E-state index contributed by atoms with van der Waals surface area (Å²) in [4.78, 5) is 1.19. The summed E-state index contributed by atoms with van der Waals surface area (Å²) in [5.74, 6) is 0.558. The Morgan fingerprint density at radius 1 is 1.50 bits per heavy atom. The summed E-state index contributed by atoms with van der Waals surface area (Å²) in [7, 11) is 0. The summed E-state index contributed by atoms with van der Waals surface area (Å²) >= 11 is 7.12. The summed E-state index contributed by atoms with van der Waals surface area (Å²) < 4.78 is 5.01. The molecular weight excluding hydrogens is 196 g/mol. The van der Waals surface area contributed by atoms with Gasteiger partial charge in [-0.05, 0) is 23.0 Å². The first-order valence-corrected chi connectivity index (χ1v) is 4.60. The molecule has 0 saturated heterocycles. The lowest BCUT2D eigenvalue weighted by atomic mass is 10.3. The van der Waals surface area contributed by atoms with Crippen molar-refractivity contribution >= 4 is 22.9 Å². The number of aromatic nitrogens is 2. The Balaban J connectivity index is 2.14. The lowest BCUT2D eigenvalue weighted by Gasteiger charge is -1.87. The molecule has 0 aliphatic rings. The highest BCUT2D eigenvalue weighted by molar-refractivity contribution is 7.09. The van der Waals surface area contributed by atoms with Crippen molar-refractivity contribution < 1.29 is 4.42 Å². The summed E-state index contributed by atoms with van der Waals surface area (Å²) in [6.45, 7) is 0. The van der Waals surface area contributed by atoms with Crippen molar-refractivity contribution in [1.82, 2.24) is 10.2 Å². The largest absolute Gasteiger partial charge is 0.412 e. The number of hydrogen-bond acceptors (Lipinski definition) is 4.